The molecule has 0 radical (unpaired) electrons. The van der Waals surface area contributed by atoms with Gasteiger partial charge < -0.3 is 5.32 Å². The molecule has 0 spiro atoms. The van der Waals surface area contributed by atoms with E-state index >= 15 is 0 Å². The maximum atomic E-state index is 12.2. The van der Waals surface area contributed by atoms with Gasteiger partial charge in [-0.2, -0.15) is 11.8 Å². The molecule has 120 valence electrons. The minimum atomic E-state index is -0.761. The SMILES string of the molecule is CSCCC(NC(=O)c1ccccc1Cl)C(=O)NNC(C)=O. The fourth-order valence-corrected chi connectivity index (χ4v) is 2.32. The maximum Gasteiger partial charge on any atom is 0.260 e. The number of hydrogen-bond acceptors (Lipinski definition) is 4. The number of hydrogen-bond donors (Lipinski definition) is 3. The van der Waals surface area contributed by atoms with Crippen molar-refractivity contribution < 1.29 is 14.4 Å². The third-order valence-corrected chi connectivity index (χ3v) is 3.69. The standard InChI is InChI=1S/C14H18ClN3O3S/c1-9(19)17-18-14(21)12(7-8-22-2)16-13(20)10-5-3-4-6-11(10)15/h3-6,12H,7-8H2,1-2H3,(H,16,20)(H,17,19)(H,18,21). The first kappa shape index (κ1) is 18.3. The smallest absolute Gasteiger partial charge is 0.260 e. The van der Waals surface area contributed by atoms with Crippen molar-refractivity contribution in [3.05, 3.63) is 34.9 Å². The van der Waals surface area contributed by atoms with Gasteiger partial charge in [0.2, 0.25) is 5.91 Å². The van der Waals surface area contributed by atoms with Gasteiger partial charge >= 0.3 is 0 Å². The molecule has 6 nitrogen and oxygen atoms in total. The van der Waals surface area contributed by atoms with E-state index in [1.807, 2.05) is 6.26 Å². The molecular weight excluding hydrogens is 326 g/mol. The molecule has 0 heterocycles. The number of rotatable bonds is 6. The highest BCUT2D eigenvalue weighted by Crippen LogP contribution is 2.15. The minimum absolute atomic E-state index is 0.297. The zero-order chi connectivity index (χ0) is 16.5. The van der Waals surface area contributed by atoms with Gasteiger partial charge in [-0.05, 0) is 30.6 Å². The van der Waals surface area contributed by atoms with Crippen LogP contribution in [0.4, 0.5) is 0 Å². The van der Waals surface area contributed by atoms with E-state index in [4.69, 9.17) is 11.6 Å². The van der Waals surface area contributed by atoms with Crippen molar-refractivity contribution in [2.75, 3.05) is 12.0 Å². The van der Waals surface area contributed by atoms with Gasteiger partial charge in [-0.3, -0.25) is 25.2 Å². The summed E-state index contributed by atoms with van der Waals surface area (Å²) in [6.45, 7) is 1.28. The summed E-state index contributed by atoms with van der Waals surface area (Å²) < 4.78 is 0. The third kappa shape index (κ3) is 5.95. The fraction of sp³-hybridized carbons (Fsp3) is 0.357. The molecule has 1 atom stereocenters. The molecule has 22 heavy (non-hydrogen) atoms. The van der Waals surface area contributed by atoms with Crippen LogP contribution in [-0.4, -0.2) is 35.8 Å². The number of nitrogens with one attached hydrogen (secondary N) is 3. The summed E-state index contributed by atoms with van der Waals surface area (Å²) in [6, 6.07) is 5.82. The zero-order valence-corrected chi connectivity index (χ0v) is 13.9. The molecule has 0 aliphatic rings. The summed E-state index contributed by atoms with van der Waals surface area (Å²) in [5.41, 5.74) is 4.77. The topological polar surface area (TPSA) is 87.3 Å². The van der Waals surface area contributed by atoms with Gasteiger partial charge in [-0.15, -0.1) is 0 Å². The molecule has 8 heteroatoms. The van der Waals surface area contributed by atoms with Gasteiger partial charge in [0.05, 0.1) is 10.6 Å². The van der Waals surface area contributed by atoms with Crippen LogP contribution in [0.2, 0.25) is 5.02 Å². The van der Waals surface area contributed by atoms with Crippen molar-refractivity contribution in [2.45, 2.75) is 19.4 Å². The minimum Gasteiger partial charge on any atom is -0.340 e. The molecule has 1 aromatic rings. The lowest BCUT2D eigenvalue weighted by Gasteiger charge is -2.18. The van der Waals surface area contributed by atoms with Crippen LogP contribution >= 0.6 is 23.4 Å². The highest BCUT2D eigenvalue weighted by atomic mass is 35.5. The second-order valence-corrected chi connectivity index (χ2v) is 5.85. The zero-order valence-electron chi connectivity index (χ0n) is 12.3. The second kappa shape index (κ2) is 9.32. The number of hydrazine groups is 1. The molecule has 0 aliphatic carbocycles. The van der Waals surface area contributed by atoms with Gasteiger partial charge in [0.1, 0.15) is 6.04 Å². The van der Waals surface area contributed by atoms with Gasteiger partial charge in [0.15, 0.2) is 0 Å². The van der Waals surface area contributed by atoms with E-state index < -0.39 is 23.8 Å². The predicted octanol–water partition coefficient (Wildman–Crippen LogP) is 1.36. The van der Waals surface area contributed by atoms with Gasteiger partial charge in [0, 0.05) is 6.92 Å². The lowest BCUT2D eigenvalue weighted by Crippen LogP contribution is -2.52. The van der Waals surface area contributed by atoms with Crippen LogP contribution in [0.25, 0.3) is 0 Å². The summed E-state index contributed by atoms with van der Waals surface area (Å²) in [5, 5.41) is 2.94. The molecule has 1 rings (SSSR count). The van der Waals surface area contributed by atoms with Crippen molar-refractivity contribution in [3.8, 4) is 0 Å². The Morgan fingerprint density at radius 2 is 1.91 bits per heavy atom. The second-order valence-electron chi connectivity index (χ2n) is 4.46. The van der Waals surface area contributed by atoms with Crippen LogP contribution in [0.5, 0.6) is 0 Å². The maximum absolute atomic E-state index is 12.2. The molecule has 0 aromatic heterocycles. The Hall–Kier alpha value is -1.73. The van der Waals surface area contributed by atoms with Crippen LogP contribution in [0.3, 0.4) is 0 Å². The Kier molecular flexibility index (Phi) is 7.76. The first-order valence-corrected chi connectivity index (χ1v) is 8.33. The summed E-state index contributed by atoms with van der Waals surface area (Å²) in [4.78, 5) is 35.1. The van der Waals surface area contributed by atoms with Crippen LogP contribution < -0.4 is 16.2 Å². The Balaban J connectivity index is 2.75. The largest absolute Gasteiger partial charge is 0.340 e. The molecule has 0 saturated heterocycles. The molecule has 3 amide bonds. The number of amides is 3. The quantitative estimate of drug-likeness (QED) is 0.681. The monoisotopic (exact) mass is 343 g/mol. The van der Waals surface area contributed by atoms with Crippen molar-refractivity contribution in [2.24, 2.45) is 0 Å². The summed E-state index contributed by atoms with van der Waals surface area (Å²) in [7, 11) is 0. The summed E-state index contributed by atoms with van der Waals surface area (Å²) in [6.07, 6.45) is 2.33. The highest BCUT2D eigenvalue weighted by molar-refractivity contribution is 7.98. The molecule has 0 fully saturated rings. The van der Waals surface area contributed by atoms with E-state index in [2.05, 4.69) is 16.2 Å². The van der Waals surface area contributed by atoms with Crippen molar-refractivity contribution in [1.82, 2.24) is 16.2 Å². The number of carbonyl (C=O) groups is 3. The fourth-order valence-electron chi connectivity index (χ4n) is 1.62. The highest BCUT2D eigenvalue weighted by Gasteiger charge is 2.22. The molecule has 0 bridgehead atoms. The Bertz CT molecular complexity index is 554. The van der Waals surface area contributed by atoms with Crippen LogP contribution in [0, 0.1) is 0 Å². The van der Waals surface area contributed by atoms with Crippen molar-refractivity contribution >= 4 is 41.1 Å². The van der Waals surface area contributed by atoms with E-state index in [-0.39, 0.29) is 0 Å². The third-order valence-electron chi connectivity index (χ3n) is 2.71. The van der Waals surface area contributed by atoms with Gasteiger partial charge in [-0.25, -0.2) is 0 Å². The van der Waals surface area contributed by atoms with E-state index in [0.717, 1.165) is 0 Å². The van der Waals surface area contributed by atoms with Crippen molar-refractivity contribution in [3.63, 3.8) is 0 Å². The lowest BCUT2D eigenvalue weighted by molar-refractivity contribution is -0.129. The molecule has 0 aliphatic heterocycles. The first-order chi connectivity index (χ1) is 10.5. The van der Waals surface area contributed by atoms with Crippen molar-refractivity contribution in [1.29, 1.82) is 0 Å². The van der Waals surface area contributed by atoms with E-state index in [0.29, 0.717) is 22.8 Å². The molecular formula is C14H18ClN3O3S. The number of carbonyl (C=O) groups excluding carboxylic acids is 3. The Labute approximate surface area is 138 Å². The first-order valence-electron chi connectivity index (χ1n) is 6.56. The average molecular weight is 344 g/mol. The summed E-state index contributed by atoms with van der Waals surface area (Å²) in [5.74, 6) is -0.630. The number of thioether (sulfide) groups is 1. The normalized spacial score (nSPS) is 11.4. The van der Waals surface area contributed by atoms with E-state index in [1.54, 1.807) is 36.0 Å². The number of benzene rings is 1. The van der Waals surface area contributed by atoms with E-state index in [9.17, 15) is 14.4 Å². The summed E-state index contributed by atoms with van der Waals surface area (Å²) >= 11 is 7.52. The molecule has 3 N–H and O–H groups in total. The predicted molar refractivity (Wildman–Crippen MR) is 87.7 cm³/mol. The average Bonchev–Trinajstić information content (AvgIpc) is 2.49. The molecule has 1 unspecified atom stereocenters. The van der Waals surface area contributed by atoms with Gasteiger partial charge in [-0.1, -0.05) is 23.7 Å². The molecule has 0 saturated carbocycles. The Morgan fingerprint density at radius 3 is 2.50 bits per heavy atom. The molecule has 1 aromatic carbocycles. The van der Waals surface area contributed by atoms with Crippen LogP contribution in [-0.2, 0) is 9.59 Å². The Morgan fingerprint density at radius 1 is 1.23 bits per heavy atom. The van der Waals surface area contributed by atoms with Crippen LogP contribution in [0.15, 0.2) is 24.3 Å². The van der Waals surface area contributed by atoms with Crippen LogP contribution in [0.1, 0.15) is 23.7 Å². The van der Waals surface area contributed by atoms with E-state index in [1.165, 1.54) is 6.92 Å². The van der Waals surface area contributed by atoms with Gasteiger partial charge in [0.25, 0.3) is 11.8 Å². The lowest BCUT2D eigenvalue weighted by atomic mass is 10.1. The number of halogens is 1.